The topological polar surface area (TPSA) is 156 Å². The number of imidazole rings is 1. The minimum absolute atomic E-state index is 0.0142. The van der Waals surface area contributed by atoms with Crippen molar-refractivity contribution < 1.29 is 14.7 Å². The Morgan fingerprint density at radius 2 is 2.09 bits per heavy atom. The smallest absolute Gasteiger partial charge is 0.407 e. The molecule has 0 spiro atoms. The van der Waals surface area contributed by atoms with Gasteiger partial charge in [0.15, 0.2) is 17.3 Å². The van der Waals surface area contributed by atoms with Gasteiger partial charge in [-0.25, -0.2) is 19.7 Å². The van der Waals surface area contributed by atoms with Crippen LogP contribution in [-0.4, -0.2) is 77.8 Å². The number of H-pyrrole nitrogens is 2. The summed E-state index contributed by atoms with van der Waals surface area (Å²) in [4.78, 5) is 42.8. The molecule has 3 aromatic heterocycles. The van der Waals surface area contributed by atoms with Crippen LogP contribution in [0.5, 0.6) is 0 Å². The van der Waals surface area contributed by atoms with E-state index in [0.717, 1.165) is 25.0 Å². The fourth-order valence-electron chi connectivity index (χ4n) is 4.42. The Morgan fingerprint density at radius 1 is 1.28 bits per heavy atom. The van der Waals surface area contributed by atoms with Gasteiger partial charge in [0.25, 0.3) is 0 Å². The van der Waals surface area contributed by atoms with Crippen molar-refractivity contribution >= 4 is 34.8 Å². The van der Waals surface area contributed by atoms with Gasteiger partial charge in [-0.3, -0.25) is 9.89 Å². The largest absolute Gasteiger partial charge is 0.465 e. The average molecular weight is 441 g/mol. The molecule has 1 aliphatic rings. The molecule has 32 heavy (non-hydrogen) atoms. The van der Waals surface area contributed by atoms with E-state index in [1.54, 1.807) is 11.9 Å². The second kappa shape index (κ2) is 8.81. The van der Waals surface area contributed by atoms with Crippen LogP contribution in [0.4, 0.5) is 16.4 Å². The highest BCUT2D eigenvalue weighted by Gasteiger charge is 2.34. The summed E-state index contributed by atoms with van der Waals surface area (Å²) in [5, 5.41) is 19.5. The van der Waals surface area contributed by atoms with Crippen molar-refractivity contribution in [3.05, 3.63) is 24.4 Å². The Morgan fingerprint density at radius 3 is 2.84 bits per heavy atom. The molecule has 4 N–H and O–H groups in total. The van der Waals surface area contributed by atoms with Crippen LogP contribution in [0.2, 0.25) is 0 Å². The number of rotatable bonds is 7. The summed E-state index contributed by atoms with van der Waals surface area (Å²) in [6.07, 6.45) is 4.47. The molecule has 0 aromatic carbocycles. The first kappa shape index (κ1) is 21.5. The molecule has 0 aliphatic heterocycles. The molecule has 0 saturated heterocycles. The van der Waals surface area contributed by atoms with Crippen LogP contribution in [0.3, 0.4) is 0 Å². The summed E-state index contributed by atoms with van der Waals surface area (Å²) in [7, 11) is 1.76. The second-order valence-corrected chi connectivity index (χ2v) is 8.36. The van der Waals surface area contributed by atoms with Gasteiger partial charge in [-0.2, -0.15) is 5.10 Å². The van der Waals surface area contributed by atoms with E-state index in [-0.39, 0.29) is 30.5 Å². The van der Waals surface area contributed by atoms with Crippen LogP contribution in [0, 0.1) is 0 Å². The highest BCUT2D eigenvalue weighted by atomic mass is 16.4. The maximum absolute atomic E-state index is 12.5. The quantitative estimate of drug-likeness (QED) is 0.435. The van der Waals surface area contributed by atoms with Crippen molar-refractivity contribution in [1.82, 2.24) is 35.0 Å². The summed E-state index contributed by atoms with van der Waals surface area (Å²) in [5.74, 6) is 0.958. The van der Waals surface area contributed by atoms with Gasteiger partial charge in [0.2, 0.25) is 5.91 Å². The third-order valence-corrected chi connectivity index (χ3v) is 5.83. The monoisotopic (exact) mass is 441 g/mol. The lowest BCUT2D eigenvalue weighted by molar-refractivity contribution is -0.114. The molecular weight excluding hydrogens is 414 g/mol. The zero-order valence-electron chi connectivity index (χ0n) is 18.2. The van der Waals surface area contributed by atoms with Crippen LogP contribution >= 0.6 is 0 Å². The molecule has 1 fully saturated rings. The van der Waals surface area contributed by atoms with Gasteiger partial charge in [0.1, 0.15) is 11.8 Å². The lowest BCUT2D eigenvalue weighted by atomic mass is 10.0. The number of nitrogens with one attached hydrogen (secondary N) is 3. The van der Waals surface area contributed by atoms with E-state index in [9.17, 15) is 14.7 Å². The van der Waals surface area contributed by atoms with E-state index in [2.05, 4.69) is 35.5 Å². The van der Waals surface area contributed by atoms with Crippen LogP contribution in [0.15, 0.2) is 18.7 Å². The van der Waals surface area contributed by atoms with Crippen molar-refractivity contribution in [1.29, 1.82) is 0 Å². The number of aromatic amines is 2. The van der Waals surface area contributed by atoms with E-state index in [1.165, 1.54) is 17.6 Å². The number of likely N-dealkylation sites (N-methyl/N-ethyl adjacent to an activating group) is 1. The summed E-state index contributed by atoms with van der Waals surface area (Å²) in [6.45, 7) is 3.85. The number of aromatic nitrogens is 6. The standard InChI is InChI=1S/C20H27N9O3/c1-11(2)29(20(31)32)13-5-4-12(6-13)14-7-15(27-26-14)25-16(30)8-28(3)19-17-18(22-9-21-17)23-10-24-19/h7,9-13H,4-6,8H2,1-3H3,(H,31,32)(H,21,22,23,24)(H2,25,26,27,30)/t12-,13+/m1/s1. The van der Waals surface area contributed by atoms with E-state index in [4.69, 9.17) is 0 Å². The highest BCUT2D eigenvalue weighted by molar-refractivity contribution is 5.94. The van der Waals surface area contributed by atoms with E-state index >= 15 is 0 Å². The Hall–Kier alpha value is -3.70. The number of carbonyl (C=O) groups is 2. The van der Waals surface area contributed by atoms with E-state index in [0.29, 0.717) is 22.8 Å². The Kier molecular flexibility index (Phi) is 5.93. The SMILES string of the molecule is CC(C)N(C(=O)O)[C@H]1CC[C@@H](c2cc(NC(=O)CN(C)c3ncnc4nc[nH]c34)n[nH]2)C1. The van der Waals surface area contributed by atoms with Crippen molar-refractivity contribution in [3.8, 4) is 0 Å². The van der Waals surface area contributed by atoms with Gasteiger partial charge in [0.05, 0.1) is 12.9 Å². The molecule has 0 unspecified atom stereocenters. The van der Waals surface area contributed by atoms with E-state index in [1.807, 2.05) is 19.9 Å². The lowest BCUT2D eigenvalue weighted by Gasteiger charge is -2.30. The molecule has 3 heterocycles. The summed E-state index contributed by atoms with van der Waals surface area (Å²) in [6, 6.07) is 1.74. The number of amides is 2. The van der Waals surface area contributed by atoms with Crippen LogP contribution < -0.4 is 10.2 Å². The maximum atomic E-state index is 12.5. The predicted octanol–water partition coefficient (Wildman–Crippen LogP) is 2.18. The number of hydrogen-bond donors (Lipinski definition) is 4. The van der Waals surface area contributed by atoms with Crippen molar-refractivity contribution in [3.63, 3.8) is 0 Å². The molecule has 4 rings (SSSR count). The van der Waals surface area contributed by atoms with Crippen molar-refractivity contribution in [2.45, 2.75) is 51.1 Å². The maximum Gasteiger partial charge on any atom is 0.407 e. The lowest BCUT2D eigenvalue weighted by Crippen LogP contribution is -2.42. The predicted molar refractivity (Wildman–Crippen MR) is 118 cm³/mol. The third kappa shape index (κ3) is 4.34. The van der Waals surface area contributed by atoms with Gasteiger partial charge in [-0.15, -0.1) is 0 Å². The number of anilines is 2. The molecule has 0 bridgehead atoms. The van der Waals surface area contributed by atoms with Gasteiger partial charge in [0, 0.05) is 36.8 Å². The summed E-state index contributed by atoms with van der Waals surface area (Å²) >= 11 is 0. The van der Waals surface area contributed by atoms with Gasteiger partial charge < -0.3 is 25.2 Å². The third-order valence-electron chi connectivity index (χ3n) is 5.83. The van der Waals surface area contributed by atoms with Crippen molar-refractivity contribution in [2.75, 3.05) is 23.8 Å². The first-order valence-corrected chi connectivity index (χ1v) is 10.5. The van der Waals surface area contributed by atoms with Gasteiger partial charge >= 0.3 is 6.09 Å². The molecule has 3 aromatic rings. The summed E-state index contributed by atoms with van der Waals surface area (Å²) < 4.78 is 0. The zero-order chi connectivity index (χ0) is 22.8. The second-order valence-electron chi connectivity index (χ2n) is 8.36. The molecule has 170 valence electrons. The summed E-state index contributed by atoms with van der Waals surface area (Å²) in [5.41, 5.74) is 2.10. The number of fused-ring (bicyclic) bond motifs is 1. The van der Waals surface area contributed by atoms with Gasteiger partial charge in [-0.05, 0) is 33.1 Å². The van der Waals surface area contributed by atoms with Gasteiger partial charge in [-0.1, -0.05) is 0 Å². The number of carboxylic acid groups (broad SMARTS) is 1. The Labute approximate surface area is 184 Å². The molecule has 12 nitrogen and oxygen atoms in total. The first-order valence-electron chi connectivity index (χ1n) is 10.5. The zero-order valence-corrected chi connectivity index (χ0v) is 18.2. The normalized spacial score (nSPS) is 18.2. The van der Waals surface area contributed by atoms with Crippen molar-refractivity contribution in [2.24, 2.45) is 0 Å². The van der Waals surface area contributed by atoms with E-state index < -0.39 is 6.09 Å². The number of nitrogens with zero attached hydrogens (tertiary/aromatic N) is 6. The molecular formula is C20H27N9O3. The van der Waals surface area contributed by atoms with Crippen LogP contribution in [0.25, 0.3) is 11.2 Å². The minimum Gasteiger partial charge on any atom is -0.465 e. The molecule has 1 aliphatic carbocycles. The molecule has 2 amide bonds. The molecule has 12 heteroatoms. The fourth-order valence-corrected chi connectivity index (χ4v) is 4.42. The average Bonchev–Trinajstić information content (AvgIpc) is 3.47. The minimum atomic E-state index is -0.886. The molecule has 1 saturated carbocycles. The number of carbonyl (C=O) groups excluding carboxylic acids is 1. The Balaban J connectivity index is 1.36. The molecule has 0 radical (unpaired) electrons. The van der Waals surface area contributed by atoms with Crippen LogP contribution in [0.1, 0.15) is 44.7 Å². The highest BCUT2D eigenvalue weighted by Crippen LogP contribution is 2.37. The fraction of sp³-hybridized carbons (Fsp3) is 0.500. The molecule has 2 atom stereocenters. The Bertz CT molecular complexity index is 1110. The number of hydrogen-bond acceptors (Lipinski definition) is 7. The van der Waals surface area contributed by atoms with Crippen LogP contribution in [-0.2, 0) is 4.79 Å². The first-order chi connectivity index (χ1) is 15.3.